The van der Waals surface area contributed by atoms with E-state index in [-0.39, 0.29) is 0 Å². The van der Waals surface area contributed by atoms with Gasteiger partial charge in [0.1, 0.15) is 0 Å². The Balaban J connectivity index is 1.88. The third-order valence-corrected chi connectivity index (χ3v) is 4.23. The second kappa shape index (κ2) is 5.64. The molecular weight excluding hydrogens is 218 g/mol. The van der Waals surface area contributed by atoms with Gasteiger partial charge in [0.15, 0.2) is 5.13 Å². The summed E-state index contributed by atoms with van der Waals surface area (Å²) >= 11 is 1.79. The Labute approximate surface area is 102 Å². The maximum Gasteiger partial charge on any atom is 0.185 e. The van der Waals surface area contributed by atoms with Gasteiger partial charge in [0, 0.05) is 18.5 Å². The Kier molecular flexibility index (Phi) is 4.18. The molecule has 0 atom stereocenters. The zero-order valence-electron chi connectivity index (χ0n) is 10.2. The lowest BCUT2D eigenvalue weighted by Crippen LogP contribution is -2.36. The van der Waals surface area contributed by atoms with Crippen LogP contribution in [0.1, 0.15) is 25.5 Å². The maximum absolute atomic E-state index is 4.65. The molecule has 1 aliphatic rings. The van der Waals surface area contributed by atoms with Gasteiger partial charge in [-0.3, -0.25) is 0 Å². The van der Waals surface area contributed by atoms with Gasteiger partial charge in [0.2, 0.25) is 0 Å². The molecule has 4 heteroatoms. The van der Waals surface area contributed by atoms with Crippen molar-refractivity contribution in [1.29, 1.82) is 0 Å². The normalized spacial score (nSPS) is 18.0. The van der Waals surface area contributed by atoms with E-state index in [1.165, 1.54) is 36.8 Å². The molecule has 1 aliphatic heterocycles. The lowest BCUT2D eigenvalue weighted by Gasteiger charge is -2.31. The highest BCUT2D eigenvalue weighted by Gasteiger charge is 2.20. The van der Waals surface area contributed by atoms with Crippen molar-refractivity contribution < 1.29 is 0 Å². The first-order valence-electron chi connectivity index (χ1n) is 6.17. The largest absolute Gasteiger partial charge is 0.348 e. The van der Waals surface area contributed by atoms with Crippen molar-refractivity contribution in [3.63, 3.8) is 0 Å². The van der Waals surface area contributed by atoms with E-state index in [1.807, 2.05) is 7.05 Å². The van der Waals surface area contributed by atoms with E-state index in [4.69, 9.17) is 0 Å². The molecule has 0 unspecified atom stereocenters. The molecule has 90 valence electrons. The first kappa shape index (κ1) is 11.9. The van der Waals surface area contributed by atoms with Gasteiger partial charge in [-0.2, -0.15) is 0 Å². The van der Waals surface area contributed by atoms with Crippen LogP contribution in [0.25, 0.3) is 0 Å². The van der Waals surface area contributed by atoms with Crippen LogP contribution in [-0.2, 0) is 6.42 Å². The lowest BCUT2D eigenvalue weighted by molar-refractivity contribution is 0.393. The highest BCUT2D eigenvalue weighted by atomic mass is 32.1. The van der Waals surface area contributed by atoms with E-state index in [1.54, 1.807) is 11.3 Å². The van der Waals surface area contributed by atoms with Crippen LogP contribution in [0.15, 0.2) is 5.38 Å². The maximum atomic E-state index is 4.65. The van der Waals surface area contributed by atoms with Crippen LogP contribution in [-0.4, -0.2) is 31.7 Å². The second-order valence-corrected chi connectivity index (χ2v) is 5.30. The number of nitrogens with one attached hydrogen (secondary N) is 1. The Morgan fingerprint density at radius 2 is 2.25 bits per heavy atom. The molecule has 1 saturated heterocycles. The molecule has 0 saturated carbocycles. The van der Waals surface area contributed by atoms with Crippen molar-refractivity contribution in [3.8, 4) is 0 Å². The topological polar surface area (TPSA) is 28.2 Å². The van der Waals surface area contributed by atoms with Gasteiger partial charge < -0.3 is 10.2 Å². The summed E-state index contributed by atoms with van der Waals surface area (Å²) in [4.78, 5) is 7.09. The average Bonchev–Trinajstić information content (AvgIpc) is 2.79. The number of hydrogen-bond donors (Lipinski definition) is 1. The highest BCUT2D eigenvalue weighted by Crippen LogP contribution is 2.26. The van der Waals surface area contributed by atoms with Crippen LogP contribution >= 0.6 is 11.3 Å². The average molecular weight is 239 g/mol. The Hall–Kier alpha value is -0.610. The number of hydrogen-bond acceptors (Lipinski definition) is 4. The highest BCUT2D eigenvalue weighted by molar-refractivity contribution is 7.13. The molecule has 2 heterocycles. The minimum absolute atomic E-state index is 0.854. The minimum atomic E-state index is 0.854. The van der Waals surface area contributed by atoms with E-state index in [9.17, 15) is 0 Å². The smallest absolute Gasteiger partial charge is 0.185 e. The number of piperidine rings is 1. The molecule has 2 rings (SSSR count). The first-order valence-corrected chi connectivity index (χ1v) is 7.05. The zero-order valence-corrected chi connectivity index (χ0v) is 11.0. The summed E-state index contributed by atoms with van der Waals surface area (Å²) in [5.41, 5.74) is 1.23. The number of rotatable bonds is 4. The van der Waals surface area contributed by atoms with Gasteiger partial charge in [0.05, 0.1) is 5.69 Å². The summed E-state index contributed by atoms with van der Waals surface area (Å²) in [6, 6.07) is 0. The van der Waals surface area contributed by atoms with Crippen LogP contribution in [0.2, 0.25) is 0 Å². The fourth-order valence-corrected chi connectivity index (χ4v) is 3.18. The third-order valence-electron chi connectivity index (χ3n) is 3.28. The Morgan fingerprint density at radius 3 is 2.81 bits per heavy atom. The van der Waals surface area contributed by atoms with Crippen LogP contribution in [0.4, 0.5) is 5.13 Å². The van der Waals surface area contributed by atoms with Gasteiger partial charge in [-0.15, -0.1) is 11.3 Å². The fourth-order valence-electron chi connectivity index (χ4n) is 2.22. The lowest BCUT2D eigenvalue weighted by atomic mass is 9.97. The van der Waals surface area contributed by atoms with Crippen molar-refractivity contribution in [2.75, 3.05) is 31.6 Å². The molecule has 16 heavy (non-hydrogen) atoms. The fraction of sp³-hybridized carbons (Fsp3) is 0.750. The molecule has 0 amide bonds. The number of anilines is 1. The SMILES string of the molecule is CCc1csc(N2CCC(CNC)CC2)n1. The summed E-state index contributed by atoms with van der Waals surface area (Å²) < 4.78 is 0. The predicted octanol–water partition coefficient (Wildman–Crippen LogP) is 2.14. The quantitative estimate of drug-likeness (QED) is 0.872. The first-order chi connectivity index (χ1) is 7.83. The number of aryl methyl sites for hydroxylation is 1. The van der Waals surface area contributed by atoms with Crippen LogP contribution in [0.5, 0.6) is 0 Å². The molecule has 1 N–H and O–H groups in total. The molecule has 1 aromatic rings. The van der Waals surface area contributed by atoms with E-state index in [0.29, 0.717) is 0 Å². The predicted molar refractivity (Wildman–Crippen MR) is 70.4 cm³/mol. The second-order valence-electron chi connectivity index (χ2n) is 4.46. The molecule has 0 bridgehead atoms. The molecule has 0 radical (unpaired) electrons. The van der Waals surface area contributed by atoms with Gasteiger partial charge in [-0.25, -0.2) is 4.98 Å². The van der Waals surface area contributed by atoms with Crippen molar-refractivity contribution in [2.45, 2.75) is 26.2 Å². The van der Waals surface area contributed by atoms with Crippen LogP contribution in [0.3, 0.4) is 0 Å². The molecular formula is C12H21N3S. The summed E-state index contributed by atoms with van der Waals surface area (Å²) in [6.45, 7) is 5.66. The van der Waals surface area contributed by atoms with E-state index in [0.717, 1.165) is 18.9 Å². The molecule has 0 spiro atoms. The third kappa shape index (κ3) is 2.74. The monoisotopic (exact) mass is 239 g/mol. The Bertz CT molecular complexity index is 316. The minimum Gasteiger partial charge on any atom is -0.348 e. The summed E-state index contributed by atoms with van der Waals surface area (Å²) in [5.74, 6) is 0.854. The molecule has 1 fully saturated rings. The summed E-state index contributed by atoms with van der Waals surface area (Å²) in [6.07, 6.45) is 3.64. The van der Waals surface area contributed by atoms with Crippen molar-refractivity contribution in [3.05, 3.63) is 11.1 Å². The number of nitrogens with zero attached hydrogens (tertiary/aromatic N) is 2. The van der Waals surface area contributed by atoms with E-state index in [2.05, 4.69) is 27.5 Å². The van der Waals surface area contributed by atoms with Gasteiger partial charge in [-0.05, 0) is 38.8 Å². The van der Waals surface area contributed by atoms with E-state index >= 15 is 0 Å². The number of thiazole rings is 1. The Morgan fingerprint density at radius 1 is 1.50 bits per heavy atom. The van der Waals surface area contributed by atoms with Crippen molar-refractivity contribution in [2.24, 2.45) is 5.92 Å². The molecule has 0 aliphatic carbocycles. The zero-order chi connectivity index (χ0) is 11.4. The standard InChI is InChI=1S/C12H21N3S/c1-3-11-9-16-12(14-11)15-6-4-10(5-7-15)8-13-2/h9-10,13H,3-8H2,1-2H3. The van der Waals surface area contributed by atoms with Gasteiger partial charge in [-0.1, -0.05) is 6.92 Å². The summed E-state index contributed by atoms with van der Waals surface area (Å²) in [5, 5.41) is 6.69. The number of aromatic nitrogens is 1. The van der Waals surface area contributed by atoms with Crippen LogP contribution in [0, 0.1) is 5.92 Å². The molecule has 1 aromatic heterocycles. The summed E-state index contributed by atoms with van der Waals surface area (Å²) in [7, 11) is 2.04. The van der Waals surface area contributed by atoms with Gasteiger partial charge in [0.25, 0.3) is 0 Å². The molecule has 0 aromatic carbocycles. The molecule has 3 nitrogen and oxygen atoms in total. The van der Waals surface area contributed by atoms with Crippen molar-refractivity contribution in [1.82, 2.24) is 10.3 Å². The van der Waals surface area contributed by atoms with E-state index < -0.39 is 0 Å². The van der Waals surface area contributed by atoms with Gasteiger partial charge >= 0.3 is 0 Å². The van der Waals surface area contributed by atoms with Crippen molar-refractivity contribution >= 4 is 16.5 Å². The van der Waals surface area contributed by atoms with Crippen LogP contribution < -0.4 is 10.2 Å².